The number of pyridine rings is 1. The number of carbonyl (C=O) groups is 1. The lowest BCUT2D eigenvalue weighted by Crippen LogP contribution is -2.17. The predicted molar refractivity (Wildman–Crippen MR) is 75.8 cm³/mol. The molecule has 1 aromatic heterocycles. The zero-order valence-electron chi connectivity index (χ0n) is 11.4. The number of aromatic nitrogens is 1. The highest BCUT2D eigenvalue weighted by molar-refractivity contribution is 6.09. The van der Waals surface area contributed by atoms with E-state index in [4.69, 9.17) is 5.26 Å². The zero-order valence-corrected chi connectivity index (χ0v) is 11.4. The van der Waals surface area contributed by atoms with Crippen LogP contribution in [0.25, 0.3) is 0 Å². The Balaban J connectivity index is 2.56. The van der Waals surface area contributed by atoms with Gasteiger partial charge in [-0.1, -0.05) is 36.8 Å². The highest BCUT2D eigenvalue weighted by Gasteiger charge is 2.16. The molecule has 1 N–H and O–H groups in total. The minimum absolute atomic E-state index is 0.0438. The van der Waals surface area contributed by atoms with Crippen molar-refractivity contribution in [1.82, 2.24) is 4.98 Å². The van der Waals surface area contributed by atoms with Crippen LogP contribution in [-0.4, -0.2) is 10.8 Å². The van der Waals surface area contributed by atoms with Crippen molar-refractivity contribution in [2.45, 2.75) is 20.3 Å². The minimum atomic E-state index is -0.454. The number of rotatable bonds is 3. The number of nitrogens with one attached hydrogen (secondary N) is 1. The Morgan fingerprint density at radius 1 is 1.30 bits per heavy atom. The van der Waals surface area contributed by atoms with Crippen molar-refractivity contribution >= 4 is 5.78 Å². The fourth-order valence-electron chi connectivity index (χ4n) is 1.99. The van der Waals surface area contributed by atoms with E-state index in [2.05, 4.69) is 4.98 Å². The number of carbonyl (C=O) groups excluding carboxylic acids is 1. The molecule has 1 heterocycles. The van der Waals surface area contributed by atoms with Crippen molar-refractivity contribution in [3.05, 3.63) is 68.6 Å². The molecule has 0 fully saturated rings. The van der Waals surface area contributed by atoms with Gasteiger partial charge in [0, 0.05) is 16.8 Å². The number of ketones is 1. The first kappa shape index (κ1) is 13.8. The molecule has 0 aliphatic carbocycles. The van der Waals surface area contributed by atoms with Crippen LogP contribution >= 0.6 is 0 Å². The third-order valence-electron chi connectivity index (χ3n) is 3.16. The van der Waals surface area contributed by atoms with Crippen LogP contribution in [0.3, 0.4) is 0 Å². The number of nitrogens with zero attached hydrogens (tertiary/aromatic N) is 1. The Labute approximate surface area is 116 Å². The molecule has 0 saturated heterocycles. The Morgan fingerprint density at radius 3 is 2.50 bits per heavy atom. The summed E-state index contributed by atoms with van der Waals surface area (Å²) >= 11 is 0. The van der Waals surface area contributed by atoms with E-state index in [0.717, 1.165) is 5.56 Å². The number of nitriles is 1. The maximum Gasteiger partial charge on any atom is 0.266 e. The van der Waals surface area contributed by atoms with Gasteiger partial charge in [0.05, 0.1) is 0 Å². The van der Waals surface area contributed by atoms with Gasteiger partial charge in [0.2, 0.25) is 0 Å². The van der Waals surface area contributed by atoms with Crippen LogP contribution < -0.4 is 5.56 Å². The minimum Gasteiger partial charge on any atom is -0.324 e. The highest BCUT2D eigenvalue weighted by atomic mass is 16.1. The van der Waals surface area contributed by atoms with E-state index in [1.54, 1.807) is 18.2 Å². The third kappa shape index (κ3) is 2.52. The summed E-state index contributed by atoms with van der Waals surface area (Å²) in [5, 5.41) is 8.91. The van der Waals surface area contributed by atoms with Crippen LogP contribution in [-0.2, 0) is 6.42 Å². The smallest absolute Gasteiger partial charge is 0.266 e. The van der Waals surface area contributed by atoms with Crippen molar-refractivity contribution in [3.63, 3.8) is 0 Å². The van der Waals surface area contributed by atoms with Crippen LogP contribution in [0, 0.1) is 18.3 Å². The second-order valence-electron chi connectivity index (χ2n) is 4.56. The summed E-state index contributed by atoms with van der Waals surface area (Å²) in [5.41, 5.74) is 2.05. The monoisotopic (exact) mass is 266 g/mol. The third-order valence-corrected chi connectivity index (χ3v) is 3.16. The molecule has 0 spiro atoms. The topological polar surface area (TPSA) is 73.7 Å². The van der Waals surface area contributed by atoms with Crippen molar-refractivity contribution < 1.29 is 4.79 Å². The lowest BCUT2D eigenvalue weighted by Gasteiger charge is -2.07. The second-order valence-corrected chi connectivity index (χ2v) is 4.56. The summed E-state index contributed by atoms with van der Waals surface area (Å²) in [6.45, 7) is 3.79. The molecule has 0 unspecified atom stereocenters. The van der Waals surface area contributed by atoms with Gasteiger partial charge in [0.25, 0.3) is 5.56 Å². The maximum atomic E-state index is 12.5. The van der Waals surface area contributed by atoms with Crippen LogP contribution in [0.15, 0.2) is 35.1 Å². The summed E-state index contributed by atoms with van der Waals surface area (Å²) in [4.78, 5) is 26.7. The molecule has 0 radical (unpaired) electrons. The highest BCUT2D eigenvalue weighted by Crippen LogP contribution is 2.14. The molecule has 0 atom stereocenters. The standard InChI is InChI=1S/C16H14N2O2/c1-3-14-13(8-12(9-17)16(20)18-14)15(19)11-6-4-10(2)5-7-11/h4-8H,3H2,1-2H3,(H,18,20). The molecular weight excluding hydrogens is 252 g/mol. The Bertz CT molecular complexity index is 750. The van der Waals surface area contributed by atoms with Gasteiger partial charge in [-0.2, -0.15) is 5.26 Å². The SMILES string of the molecule is CCc1[nH]c(=O)c(C#N)cc1C(=O)c1ccc(C)cc1. The van der Waals surface area contributed by atoms with Gasteiger partial charge >= 0.3 is 0 Å². The molecule has 0 saturated carbocycles. The van der Waals surface area contributed by atoms with Gasteiger partial charge in [0.1, 0.15) is 11.6 Å². The normalized spacial score (nSPS) is 10.1. The fourth-order valence-corrected chi connectivity index (χ4v) is 1.99. The molecule has 4 nitrogen and oxygen atoms in total. The van der Waals surface area contributed by atoms with Crippen molar-refractivity contribution in [3.8, 4) is 6.07 Å². The van der Waals surface area contributed by atoms with Crippen molar-refractivity contribution in [1.29, 1.82) is 5.26 Å². The first-order valence-corrected chi connectivity index (χ1v) is 6.34. The van der Waals surface area contributed by atoms with Gasteiger partial charge in [-0.25, -0.2) is 0 Å². The lowest BCUT2D eigenvalue weighted by molar-refractivity contribution is 0.103. The summed E-state index contributed by atoms with van der Waals surface area (Å²) < 4.78 is 0. The van der Waals surface area contributed by atoms with Crippen LogP contribution in [0.5, 0.6) is 0 Å². The molecule has 20 heavy (non-hydrogen) atoms. The Kier molecular flexibility index (Phi) is 3.81. The van der Waals surface area contributed by atoms with Gasteiger partial charge in [-0.3, -0.25) is 9.59 Å². The molecule has 0 amide bonds. The van der Waals surface area contributed by atoms with Gasteiger partial charge in [0.15, 0.2) is 5.78 Å². The van der Waals surface area contributed by atoms with Gasteiger partial charge in [-0.15, -0.1) is 0 Å². The number of aromatic amines is 1. The first-order chi connectivity index (χ1) is 9.56. The number of hydrogen-bond donors (Lipinski definition) is 1. The molecule has 1 aromatic carbocycles. The zero-order chi connectivity index (χ0) is 14.7. The quantitative estimate of drug-likeness (QED) is 0.866. The molecule has 2 aromatic rings. The Hall–Kier alpha value is -2.67. The number of benzene rings is 1. The van der Waals surface area contributed by atoms with E-state index in [1.807, 2.05) is 26.0 Å². The molecule has 4 heteroatoms. The van der Waals surface area contributed by atoms with Crippen LogP contribution in [0.1, 0.15) is 39.7 Å². The maximum absolute atomic E-state index is 12.5. The summed E-state index contributed by atoms with van der Waals surface area (Å²) in [5.74, 6) is -0.186. The summed E-state index contributed by atoms with van der Waals surface area (Å²) in [6, 6.07) is 10.4. The molecule has 2 rings (SSSR count). The molecule has 0 bridgehead atoms. The molecule has 100 valence electrons. The first-order valence-electron chi connectivity index (χ1n) is 6.34. The van der Waals surface area contributed by atoms with Crippen LogP contribution in [0.2, 0.25) is 0 Å². The van der Waals surface area contributed by atoms with Gasteiger partial charge < -0.3 is 4.98 Å². The fraction of sp³-hybridized carbons (Fsp3) is 0.188. The Morgan fingerprint density at radius 2 is 1.95 bits per heavy atom. The molecule has 0 aliphatic heterocycles. The van der Waals surface area contributed by atoms with E-state index in [0.29, 0.717) is 23.2 Å². The summed E-state index contributed by atoms with van der Waals surface area (Å²) in [7, 11) is 0. The van der Waals surface area contributed by atoms with Crippen molar-refractivity contribution in [2.75, 3.05) is 0 Å². The van der Waals surface area contributed by atoms with Crippen LogP contribution in [0.4, 0.5) is 0 Å². The number of hydrogen-bond acceptors (Lipinski definition) is 3. The van der Waals surface area contributed by atoms with E-state index in [9.17, 15) is 9.59 Å². The molecule has 0 aliphatic rings. The van der Waals surface area contributed by atoms with E-state index in [1.165, 1.54) is 6.07 Å². The van der Waals surface area contributed by atoms with E-state index >= 15 is 0 Å². The van der Waals surface area contributed by atoms with Gasteiger partial charge in [-0.05, 0) is 19.4 Å². The van der Waals surface area contributed by atoms with E-state index in [-0.39, 0.29) is 11.3 Å². The average molecular weight is 266 g/mol. The predicted octanol–water partition coefficient (Wildman–Crippen LogP) is 2.35. The summed E-state index contributed by atoms with van der Waals surface area (Å²) in [6.07, 6.45) is 0.522. The van der Waals surface area contributed by atoms with E-state index < -0.39 is 5.56 Å². The lowest BCUT2D eigenvalue weighted by atomic mass is 9.99. The average Bonchev–Trinajstić information content (AvgIpc) is 2.47. The number of aryl methyl sites for hydroxylation is 2. The largest absolute Gasteiger partial charge is 0.324 e. The van der Waals surface area contributed by atoms with Crippen molar-refractivity contribution in [2.24, 2.45) is 0 Å². The number of H-pyrrole nitrogens is 1. The molecular formula is C16H14N2O2. The second kappa shape index (κ2) is 5.54.